The number of anilines is 1. The van der Waals surface area contributed by atoms with Crippen molar-refractivity contribution < 1.29 is 9.18 Å². The maximum Gasteiger partial charge on any atom is 0.266 e. The molecule has 1 saturated heterocycles. The number of amides is 1. The summed E-state index contributed by atoms with van der Waals surface area (Å²) in [7, 11) is 0. The molecule has 0 spiro atoms. The number of hydrogen-bond acceptors (Lipinski definition) is 4. The Morgan fingerprint density at radius 2 is 1.75 bits per heavy atom. The number of rotatable bonds is 5. The van der Waals surface area contributed by atoms with Crippen LogP contribution in [0.5, 0.6) is 0 Å². The fourth-order valence-corrected chi connectivity index (χ4v) is 3.18. The zero-order valence-corrected chi connectivity index (χ0v) is 15.8. The third-order valence-corrected chi connectivity index (χ3v) is 4.89. The van der Waals surface area contributed by atoms with Gasteiger partial charge in [-0.15, -0.1) is 0 Å². The van der Waals surface area contributed by atoms with E-state index in [2.05, 4.69) is 10.2 Å². The van der Waals surface area contributed by atoms with Gasteiger partial charge in [0, 0.05) is 44.1 Å². The minimum absolute atomic E-state index is 0.00678. The van der Waals surface area contributed by atoms with E-state index in [0.29, 0.717) is 26.2 Å². The molecule has 6 heteroatoms. The second-order valence-electron chi connectivity index (χ2n) is 6.72. The van der Waals surface area contributed by atoms with Crippen molar-refractivity contribution in [2.45, 2.75) is 13.0 Å². The highest BCUT2D eigenvalue weighted by molar-refractivity contribution is 5.97. The molecule has 0 saturated carbocycles. The first-order chi connectivity index (χ1) is 13.6. The van der Waals surface area contributed by atoms with Gasteiger partial charge < -0.3 is 15.1 Å². The Morgan fingerprint density at radius 1 is 1.11 bits per heavy atom. The van der Waals surface area contributed by atoms with Crippen LogP contribution in [0, 0.1) is 17.1 Å². The van der Waals surface area contributed by atoms with Crippen molar-refractivity contribution in [2.24, 2.45) is 0 Å². The van der Waals surface area contributed by atoms with Crippen LogP contribution in [0.15, 0.2) is 66.4 Å². The summed E-state index contributed by atoms with van der Waals surface area (Å²) in [5, 5.41) is 12.5. The van der Waals surface area contributed by atoms with Crippen molar-refractivity contribution in [1.82, 2.24) is 10.2 Å². The van der Waals surface area contributed by atoms with E-state index in [1.165, 1.54) is 18.3 Å². The van der Waals surface area contributed by atoms with Gasteiger partial charge in [0.15, 0.2) is 0 Å². The van der Waals surface area contributed by atoms with Gasteiger partial charge in [0.2, 0.25) is 0 Å². The zero-order chi connectivity index (χ0) is 19.9. The van der Waals surface area contributed by atoms with Crippen molar-refractivity contribution in [3.8, 4) is 6.07 Å². The monoisotopic (exact) mass is 378 g/mol. The fraction of sp³-hybridized carbons (Fsp3) is 0.273. The number of halogens is 1. The van der Waals surface area contributed by atoms with E-state index in [9.17, 15) is 14.4 Å². The lowest BCUT2D eigenvalue weighted by atomic mass is 10.1. The average molecular weight is 378 g/mol. The standard InChI is InChI=1S/C22H23FN4O/c1-17(18-5-3-2-4-6-18)25-16-19(15-24)22(28)27-13-11-26(12-14-27)21-9-7-20(23)8-10-21/h2-10,16-17,25H,11-14H2,1H3/b19-16-. The summed E-state index contributed by atoms with van der Waals surface area (Å²) < 4.78 is 13.1. The zero-order valence-electron chi connectivity index (χ0n) is 15.8. The van der Waals surface area contributed by atoms with E-state index in [0.717, 1.165) is 11.3 Å². The molecule has 144 valence electrons. The molecule has 1 aliphatic heterocycles. The highest BCUT2D eigenvalue weighted by atomic mass is 19.1. The number of nitriles is 1. The van der Waals surface area contributed by atoms with E-state index in [4.69, 9.17) is 0 Å². The van der Waals surface area contributed by atoms with E-state index < -0.39 is 0 Å². The number of hydrogen-bond donors (Lipinski definition) is 1. The molecule has 1 amide bonds. The van der Waals surface area contributed by atoms with E-state index >= 15 is 0 Å². The van der Waals surface area contributed by atoms with Gasteiger partial charge in [0.25, 0.3) is 5.91 Å². The minimum atomic E-state index is -0.269. The lowest BCUT2D eigenvalue weighted by Crippen LogP contribution is -2.49. The van der Waals surface area contributed by atoms with Crippen molar-refractivity contribution in [2.75, 3.05) is 31.1 Å². The quantitative estimate of drug-likeness (QED) is 0.641. The Kier molecular flexibility index (Phi) is 6.28. The molecule has 1 heterocycles. The normalized spacial score (nSPS) is 15.7. The molecule has 1 aliphatic rings. The maximum absolute atomic E-state index is 13.1. The van der Waals surface area contributed by atoms with Crippen molar-refractivity contribution in [3.63, 3.8) is 0 Å². The smallest absolute Gasteiger partial charge is 0.266 e. The SMILES string of the molecule is CC(N/C=C(/C#N)C(=O)N1CCN(c2ccc(F)cc2)CC1)c1ccccc1. The van der Waals surface area contributed by atoms with Crippen LogP contribution in [0.3, 0.4) is 0 Å². The molecule has 28 heavy (non-hydrogen) atoms. The predicted molar refractivity (Wildman–Crippen MR) is 107 cm³/mol. The second kappa shape index (κ2) is 9.05. The largest absolute Gasteiger partial charge is 0.383 e. The first-order valence-corrected chi connectivity index (χ1v) is 9.29. The average Bonchev–Trinajstić information content (AvgIpc) is 2.75. The highest BCUT2D eigenvalue weighted by Gasteiger charge is 2.24. The lowest BCUT2D eigenvalue weighted by molar-refractivity contribution is -0.127. The van der Waals surface area contributed by atoms with Gasteiger partial charge >= 0.3 is 0 Å². The van der Waals surface area contributed by atoms with Gasteiger partial charge in [-0.1, -0.05) is 30.3 Å². The molecule has 2 aromatic carbocycles. The van der Waals surface area contributed by atoms with Gasteiger partial charge in [-0.05, 0) is 36.8 Å². The summed E-state index contributed by atoms with van der Waals surface area (Å²) in [5.74, 6) is -0.535. The van der Waals surface area contributed by atoms with Crippen LogP contribution in [0.2, 0.25) is 0 Å². The van der Waals surface area contributed by atoms with E-state index in [1.807, 2.05) is 43.3 Å². The summed E-state index contributed by atoms with van der Waals surface area (Å²) in [6.45, 7) is 4.30. The lowest BCUT2D eigenvalue weighted by Gasteiger charge is -2.36. The Bertz CT molecular complexity index is 866. The molecule has 0 aromatic heterocycles. The van der Waals surface area contributed by atoms with Gasteiger partial charge in [-0.25, -0.2) is 4.39 Å². The highest BCUT2D eigenvalue weighted by Crippen LogP contribution is 2.18. The van der Waals surface area contributed by atoms with Gasteiger partial charge in [0.1, 0.15) is 17.5 Å². The number of carbonyl (C=O) groups is 1. The van der Waals surface area contributed by atoms with Gasteiger partial charge in [0.05, 0.1) is 0 Å². The Balaban J connectivity index is 1.58. The first kappa shape index (κ1) is 19.4. The van der Waals surface area contributed by atoms with E-state index in [-0.39, 0.29) is 23.3 Å². The molecule has 0 radical (unpaired) electrons. The first-order valence-electron chi connectivity index (χ1n) is 9.29. The van der Waals surface area contributed by atoms with Crippen molar-refractivity contribution >= 4 is 11.6 Å². The Hall–Kier alpha value is -3.33. The van der Waals surface area contributed by atoms with Crippen LogP contribution in [0.4, 0.5) is 10.1 Å². The summed E-state index contributed by atoms with van der Waals surface area (Å²) >= 11 is 0. The van der Waals surface area contributed by atoms with Crippen LogP contribution in [-0.2, 0) is 4.79 Å². The van der Waals surface area contributed by atoms with Crippen LogP contribution in [0.1, 0.15) is 18.5 Å². The van der Waals surface area contributed by atoms with Gasteiger partial charge in [-0.2, -0.15) is 5.26 Å². The molecule has 2 aromatic rings. The Labute approximate surface area is 164 Å². The molecule has 1 unspecified atom stereocenters. The topological polar surface area (TPSA) is 59.4 Å². The molecule has 1 N–H and O–H groups in total. The molecule has 3 rings (SSSR count). The summed E-state index contributed by atoms with van der Waals surface area (Å²) in [6, 6.07) is 18.2. The number of piperazine rings is 1. The Morgan fingerprint density at radius 3 is 2.36 bits per heavy atom. The molecule has 0 bridgehead atoms. The number of benzene rings is 2. The van der Waals surface area contributed by atoms with E-state index in [1.54, 1.807) is 17.0 Å². The van der Waals surface area contributed by atoms with Crippen LogP contribution in [0.25, 0.3) is 0 Å². The van der Waals surface area contributed by atoms with Crippen molar-refractivity contribution in [3.05, 3.63) is 77.8 Å². The second-order valence-corrected chi connectivity index (χ2v) is 6.72. The summed E-state index contributed by atoms with van der Waals surface area (Å²) in [4.78, 5) is 16.5. The minimum Gasteiger partial charge on any atom is -0.383 e. The molecule has 5 nitrogen and oxygen atoms in total. The summed E-state index contributed by atoms with van der Waals surface area (Å²) in [5.41, 5.74) is 2.11. The number of nitrogens with one attached hydrogen (secondary N) is 1. The fourth-order valence-electron chi connectivity index (χ4n) is 3.18. The van der Waals surface area contributed by atoms with Crippen LogP contribution >= 0.6 is 0 Å². The molecular formula is C22H23FN4O. The number of nitrogens with zero attached hydrogens (tertiary/aromatic N) is 3. The van der Waals surface area contributed by atoms with Crippen LogP contribution < -0.4 is 10.2 Å². The molecule has 1 fully saturated rings. The molecule has 0 aliphatic carbocycles. The summed E-state index contributed by atoms with van der Waals surface area (Å²) in [6.07, 6.45) is 1.51. The predicted octanol–water partition coefficient (Wildman–Crippen LogP) is 3.23. The van der Waals surface area contributed by atoms with Crippen LogP contribution in [-0.4, -0.2) is 37.0 Å². The number of carbonyl (C=O) groups excluding carboxylic acids is 1. The van der Waals surface area contributed by atoms with Crippen molar-refractivity contribution in [1.29, 1.82) is 5.26 Å². The maximum atomic E-state index is 13.1. The van der Waals surface area contributed by atoms with Gasteiger partial charge in [-0.3, -0.25) is 4.79 Å². The molecular weight excluding hydrogens is 355 g/mol. The molecule has 1 atom stereocenters. The third-order valence-electron chi connectivity index (χ3n) is 4.89. The third kappa shape index (κ3) is 4.68.